The Labute approximate surface area is 113 Å². The summed E-state index contributed by atoms with van der Waals surface area (Å²) in [5, 5.41) is 0. The van der Waals surface area contributed by atoms with Crippen LogP contribution in [-0.2, 0) is 28.5 Å². The SMILES string of the molecule is CCOC(=O)C1(C(=O)OCC)COC(C(C)C)OC1. The molecule has 1 heterocycles. The summed E-state index contributed by atoms with van der Waals surface area (Å²) in [4.78, 5) is 24.1. The van der Waals surface area contributed by atoms with Gasteiger partial charge in [0, 0.05) is 5.92 Å². The first-order chi connectivity index (χ1) is 8.97. The molecule has 0 unspecified atom stereocenters. The molecule has 1 fully saturated rings. The lowest BCUT2D eigenvalue weighted by atomic mass is 9.89. The van der Waals surface area contributed by atoms with Gasteiger partial charge in [-0.1, -0.05) is 13.8 Å². The van der Waals surface area contributed by atoms with Crippen LogP contribution in [0.4, 0.5) is 0 Å². The Morgan fingerprint density at radius 2 is 1.53 bits per heavy atom. The van der Waals surface area contributed by atoms with Crippen molar-refractivity contribution in [1.29, 1.82) is 0 Å². The molecule has 0 saturated carbocycles. The molecule has 1 aliphatic rings. The fourth-order valence-electron chi connectivity index (χ4n) is 1.78. The van der Waals surface area contributed by atoms with Gasteiger partial charge in [0.25, 0.3) is 0 Å². The molecule has 1 rings (SSSR count). The fraction of sp³-hybridized carbons (Fsp3) is 0.846. The van der Waals surface area contributed by atoms with Crippen LogP contribution in [0.15, 0.2) is 0 Å². The standard InChI is InChI=1S/C13H22O6/c1-5-16-11(14)13(12(15)17-6-2)7-18-10(9(3)4)19-8-13/h9-10H,5-8H2,1-4H3. The average Bonchev–Trinajstić information content (AvgIpc) is 2.39. The number of carbonyl (C=O) groups is 2. The van der Waals surface area contributed by atoms with Gasteiger partial charge in [0.1, 0.15) is 0 Å². The summed E-state index contributed by atoms with van der Waals surface area (Å²) in [6.45, 7) is 7.46. The van der Waals surface area contributed by atoms with Crippen LogP contribution in [0.5, 0.6) is 0 Å². The topological polar surface area (TPSA) is 71.1 Å². The first-order valence-electron chi connectivity index (χ1n) is 6.55. The molecular formula is C13H22O6. The van der Waals surface area contributed by atoms with Crippen molar-refractivity contribution in [3.63, 3.8) is 0 Å². The van der Waals surface area contributed by atoms with E-state index in [9.17, 15) is 9.59 Å². The van der Waals surface area contributed by atoms with Gasteiger partial charge in [0.15, 0.2) is 6.29 Å². The smallest absolute Gasteiger partial charge is 0.328 e. The molecule has 0 N–H and O–H groups in total. The maximum Gasteiger partial charge on any atom is 0.328 e. The van der Waals surface area contributed by atoms with Gasteiger partial charge in [-0.05, 0) is 13.8 Å². The molecule has 0 aromatic rings. The van der Waals surface area contributed by atoms with Crippen molar-refractivity contribution in [2.75, 3.05) is 26.4 Å². The van der Waals surface area contributed by atoms with Crippen LogP contribution < -0.4 is 0 Å². The molecule has 0 aromatic heterocycles. The van der Waals surface area contributed by atoms with Crippen LogP contribution in [0.3, 0.4) is 0 Å². The van der Waals surface area contributed by atoms with E-state index in [1.165, 1.54) is 0 Å². The van der Waals surface area contributed by atoms with Gasteiger partial charge in [0.2, 0.25) is 5.41 Å². The second-order valence-corrected chi connectivity index (χ2v) is 4.76. The van der Waals surface area contributed by atoms with E-state index >= 15 is 0 Å². The Bertz CT molecular complexity index is 297. The molecule has 0 aliphatic carbocycles. The number of rotatable bonds is 5. The molecular weight excluding hydrogens is 252 g/mol. The van der Waals surface area contributed by atoms with E-state index in [-0.39, 0.29) is 32.3 Å². The zero-order valence-electron chi connectivity index (χ0n) is 11.9. The molecule has 0 aromatic carbocycles. The molecule has 0 bridgehead atoms. The number of ether oxygens (including phenoxy) is 4. The van der Waals surface area contributed by atoms with Gasteiger partial charge < -0.3 is 18.9 Å². The van der Waals surface area contributed by atoms with E-state index in [1.807, 2.05) is 13.8 Å². The first-order valence-corrected chi connectivity index (χ1v) is 6.55. The van der Waals surface area contributed by atoms with Crippen LogP contribution in [0.2, 0.25) is 0 Å². The summed E-state index contributed by atoms with van der Waals surface area (Å²) in [6.07, 6.45) is -0.419. The molecule has 0 spiro atoms. The zero-order valence-corrected chi connectivity index (χ0v) is 11.9. The van der Waals surface area contributed by atoms with E-state index in [1.54, 1.807) is 13.8 Å². The predicted octanol–water partition coefficient (Wildman–Crippen LogP) is 1.13. The third-order valence-corrected chi connectivity index (χ3v) is 2.86. The molecule has 6 nitrogen and oxygen atoms in total. The molecule has 6 heteroatoms. The van der Waals surface area contributed by atoms with Crippen molar-refractivity contribution < 1.29 is 28.5 Å². The Morgan fingerprint density at radius 1 is 1.11 bits per heavy atom. The number of hydrogen-bond donors (Lipinski definition) is 0. The summed E-state index contributed by atoms with van der Waals surface area (Å²) in [7, 11) is 0. The summed E-state index contributed by atoms with van der Waals surface area (Å²) in [5.74, 6) is -1.17. The Morgan fingerprint density at radius 3 is 1.84 bits per heavy atom. The summed E-state index contributed by atoms with van der Waals surface area (Å²) < 4.78 is 20.8. The van der Waals surface area contributed by atoms with Crippen LogP contribution in [0, 0.1) is 11.3 Å². The van der Waals surface area contributed by atoms with Gasteiger partial charge in [-0.2, -0.15) is 0 Å². The molecule has 1 saturated heterocycles. The van der Waals surface area contributed by atoms with Crippen LogP contribution in [0.1, 0.15) is 27.7 Å². The highest BCUT2D eigenvalue weighted by atomic mass is 16.7. The van der Waals surface area contributed by atoms with E-state index in [0.29, 0.717) is 0 Å². The largest absolute Gasteiger partial charge is 0.465 e. The maximum absolute atomic E-state index is 12.0. The highest BCUT2D eigenvalue weighted by Gasteiger charge is 2.53. The van der Waals surface area contributed by atoms with E-state index in [0.717, 1.165) is 0 Å². The lowest BCUT2D eigenvalue weighted by Crippen LogP contribution is -2.54. The predicted molar refractivity (Wildman–Crippen MR) is 66.2 cm³/mol. The summed E-state index contributed by atoms with van der Waals surface area (Å²) in [5.41, 5.74) is -1.50. The monoisotopic (exact) mass is 274 g/mol. The zero-order chi connectivity index (χ0) is 14.5. The van der Waals surface area contributed by atoms with Gasteiger partial charge in [-0.3, -0.25) is 9.59 Å². The van der Waals surface area contributed by atoms with E-state index in [2.05, 4.69) is 0 Å². The molecule has 1 aliphatic heterocycles. The minimum atomic E-state index is -1.50. The fourth-order valence-corrected chi connectivity index (χ4v) is 1.78. The first kappa shape index (κ1) is 15.9. The molecule has 110 valence electrons. The third-order valence-electron chi connectivity index (χ3n) is 2.86. The van der Waals surface area contributed by atoms with Crippen molar-refractivity contribution in [2.45, 2.75) is 34.0 Å². The Kier molecular flexibility index (Phi) is 5.75. The van der Waals surface area contributed by atoms with Crippen LogP contribution >= 0.6 is 0 Å². The van der Waals surface area contributed by atoms with E-state index in [4.69, 9.17) is 18.9 Å². The van der Waals surface area contributed by atoms with Crippen molar-refractivity contribution in [3.05, 3.63) is 0 Å². The number of carbonyl (C=O) groups excluding carboxylic acids is 2. The van der Waals surface area contributed by atoms with Crippen molar-refractivity contribution in [1.82, 2.24) is 0 Å². The van der Waals surface area contributed by atoms with Gasteiger partial charge in [-0.25, -0.2) is 0 Å². The quantitative estimate of drug-likeness (QED) is 0.553. The highest BCUT2D eigenvalue weighted by Crippen LogP contribution is 2.30. The van der Waals surface area contributed by atoms with Crippen molar-refractivity contribution in [3.8, 4) is 0 Å². The van der Waals surface area contributed by atoms with Gasteiger partial charge >= 0.3 is 11.9 Å². The summed E-state index contributed by atoms with van der Waals surface area (Å²) in [6, 6.07) is 0. The Balaban J connectivity index is 2.84. The molecule has 0 atom stereocenters. The average molecular weight is 274 g/mol. The maximum atomic E-state index is 12.0. The normalized spacial score (nSPS) is 19.2. The highest BCUT2D eigenvalue weighted by molar-refractivity contribution is 6.00. The molecule has 19 heavy (non-hydrogen) atoms. The number of esters is 2. The van der Waals surface area contributed by atoms with Crippen LogP contribution in [-0.4, -0.2) is 44.7 Å². The van der Waals surface area contributed by atoms with Gasteiger partial charge in [0.05, 0.1) is 26.4 Å². The second kappa shape index (κ2) is 6.86. The second-order valence-electron chi connectivity index (χ2n) is 4.76. The summed E-state index contributed by atoms with van der Waals surface area (Å²) >= 11 is 0. The lowest BCUT2D eigenvalue weighted by Gasteiger charge is -2.37. The minimum Gasteiger partial charge on any atom is -0.465 e. The number of hydrogen-bond acceptors (Lipinski definition) is 6. The lowest BCUT2D eigenvalue weighted by molar-refractivity contribution is -0.251. The van der Waals surface area contributed by atoms with E-state index < -0.39 is 23.6 Å². The van der Waals surface area contributed by atoms with Crippen LogP contribution in [0.25, 0.3) is 0 Å². The Hall–Kier alpha value is -1.14. The molecule has 0 radical (unpaired) electrons. The third kappa shape index (κ3) is 3.45. The van der Waals surface area contributed by atoms with Crippen molar-refractivity contribution >= 4 is 11.9 Å². The molecule has 0 amide bonds. The minimum absolute atomic E-state index is 0.0759. The van der Waals surface area contributed by atoms with Crippen molar-refractivity contribution in [2.24, 2.45) is 11.3 Å². The van der Waals surface area contributed by atoms with Gasteiger partial charge in [-0.15, -0.1) is 0 Å².